The predicted molar refractivity (Wildman–Crippen MR) is 148 cm³/mol. The van der Waals surface area contributed by atoms with Crippen molar-refractivity contribution in [1.82, 2.24) is 25.2 Å². The predicted octanol–water partition coefficient (Wildman–Crippen LogP) is 1.18. The maximum atomic E-state index is 13.4. The zero-order chi connectivity index (χ0) is 30.9. The van der Waals surface area contributed by atoms with Crippen LogP contribution in [0.25, 0.3) is 0 Å². The molecule has 224 valence electrons. The van der Waals surface area contributed by atoms with E-state index >= 15 is 0 Å². The van der Waals surface area contributed by atoms with Gasteiger partial charge in [-0.25, -0.2) is 18.0 Å². The first kappa shape index (κ1) is 31.8. The van der Waals surface area contributed by atoms with Crippen LogP contribution in [0.3, 0.4) is 0 Å². The largest absolute Gasteiger partial charge is 0.467 e. The summed E-state index contributed by atoms with van der Waals surface area (Å²) in [6, 6.07) is 10.2. The van der Waals surface area contributed by atoms with E-state index in [0.29, 0.717) is 6.42 Å². The number of anilines is 1. The van der Waals surface area contributed by atoms with Crippen LogP contribution < -0.4 is 20.3 Å². The first-order chi connectivity index (χ1) is 19.9. The topological polar surface area (TPSA) is 217 Å². The van der Waals surface area contributed by atoms with Crippen molar-refractivity contribution in [3.05, 3.63) is 65.5 Å². The quantitative estimate of drug-likeness (QED) is 0.119. The summed E-state index contributed by atoms with van der Waals surface area (Å²) in [4.78, 5) is 37.5. The van der Waals surface area contributed by atoms with E-state index in [9.17, 15) is 26.4 Å². The Morgan fingerprint density at radius 3 is 2.12 bits per heavy atom. The number of rotatable bonds is 11. The summed E-state index contributed by atoms with van der Waals surface area (Å²) in [7, 11) is -6.88. The van der Waals surface area contributed by atoms with E-state index in [-0.39, 0.29) is 35.5 Å². The number of hydrogen-bond donors (Lipinski definition) is 3. The third-order valence-electron chi connectivity index (χ3n) is 5.06. The van der Waals surface area contributed by atoms with Crippen LogP contribution in [0.2, 0.25) is 0 Å². The van der Waals surface area contributed by atoms with Gasteiger partial charge in [-0.1, -0.05) is 31.2 Å². The average molecular weight is 622 g/mol. The zero-order valence-electron chi connectivity index (χ0n) is 22.8. The van der Waals surface area contributed by atoms with Crippen LogP contribution in [-0.4, -0.2) is 70.5 Å². The summed E-state index contributed by atoms with van der Waals surface area (Å²) in [5.74, 6) is -2.66. The molecule has 2 aromatic carbocycles. The smallest absolute Gasteiger partial charge is 0.339 e. The number of esters is 2. The Morgan fingerprint density at radius 1 is 0.881 bits per heavy atom. The molecule has 16 nitrogen and oxygen atoms in total. The molecule has 0 bridgehead atoms. The maximum absolute atomic E-state index is 13.4. The number of sulfonamides is 2. The SMILES string of the molecule is CCCOC(=O)c1ccccc1S(=O)(=O)N=C(NNS(=O)(=O)c1ccccc1C(=O)OC)Nc1nc(C)nc(OC)n1. The van der Waals surface area contributed by atoms with Crippen LogP contribution in [0, 0.1) is 6.92 Å². The standard InChI is InChI=1S/C24H27N7O9S2/c1-5-14-40-21(33)17-11-7-8-12-18(17)41(34,35)30-23(27-22-25-15(2)26-24(28-22)39-4)29-31-42(36,37)19-13-9-6-10-16(19)20(32)38-3/h6-13,31H,5,14H2,1-4H3,(H2,25,26,27,28,29,30). The van der Waals surface area contributed by atoms with Gasteiger partial charge in [0.1, 0.15) is 10.7 Å². The van der Waals surface area contributed by atoms with Gasteiger partial charge in [-0.3, -0.25) is 10.7 Å². The van der Waals surface area contributed by atoms with Crippen molar-refractivity contribution in [2.45, 2.75) is 30.1 Å². The molecule has 0 aliphatic carbocycles. The fourth-order valence-electron chi connectivity index (χ4n) is 3.24. The molecule has 0 saturated heterocycles. The van der Waals surface area contributed by atoms with Crippen molar-refractivity contribution >= 4 is 43.9 Å². The van der Waals surface area contributed by atoms with E-state index in [1.165, 1.54) is 50.4 Å². The van der Waals surface area contributed by atoms with E-state index in [4.69, 9.17) is 9.47 Å². The number of nitrogens with zero attached hydrogens (tertiary/aromatic N) is 4. The number of carbonyl (C=O) groups excluding carboxylic acids is 2. The average Bonchev–Trinajstić information content (AvgIpc) is 2.97. The third-order valence-corrected chi connectivity index (χ3v) is 7.70. The summed E-state index contributed by atoms with van der Waals surface area (Å²) < 4.78 is 71.4. The number of aromatic nitrogens is 3. The number of hydrazine groups is 1. The van der Waals surface area contributed by atoms with Crippen LogP contribution in [0.15, 0.2) is 62.7 Å². The van der Waals surface area contributed by atoms with Gasteiger partial charge in [0, 0.05) is 0 Å². The second kappa shape index (κ2) is 13.8. The minimum atomic E-state index is -4.71. The number of nitrogens with one attached hydrogen (secondary N) is 3. The molecule has 1 aromatic heterocycles. The number of aryl methyl sites for hydroxylation is 1. The fraction of sp³-hybridized carbons (Fsp3) is 0.250. The Hall–Kier alpha value is -4.68. The lowest BCUT2D eigenvalue weighted by molar-refractivity contribution is 0.0499. The molecule has 0 amide bonds. The number of carbonyl (C=O) groups is 2. The Bertz CT molecular complexity index is 1710. The molecule has 1 heterocycles. The third kappa shape index (κ3) is 7.95. The molecule has 0 aliphatic heterocycles. The normalized spacial score (nSPS) is 11.9. The second-order valence-corrected chi connectivity index (χ2v) is 11.3. The van der Waals surface area contributed by atoms with E-state index in [0.717, 1.165) is 19.2 Å². The number of hydrogen-bond acceptors (Lipinski definition) is 12. The highest BCUT2D eigenvalue weighted by Gasteiger charge is 2.26. The molecule has 0 radical (unpaired) electrons. The van der Waals surface area contributed by atoms with Crippen molar-refractivity contribution in [2.24, 2.45) is 4.40 Å². The van der Waals surface area contributed by atoms with Crippen LogP contribution in [0.4, 0.5) is 5.95 Å². The molecule has 0 unspecified atom stereocenters. The van der Waals surface area contributed by atoms with Gasteiger partial charge in [-0.05, 0) is 37.6 Å². The van der Waals surface area contributed by atoms with Gasteiger partial charge in [-0.2, -0.15) is 23.4 Å². The highest BCUT2D eigenvalue weighted by molar-refractivity contribution is 7.90. The van der Waals surface area contributed by atoms with Crippen molar-refractivity contribution in [1.29, 1.82) is 0 Å². The van der Waals surface area contributed by atoms with Gasteiger partial charge in [0.05, 0.1) is 36.8 Å². The zero-order valence-corrected chi connectivity index (χ0v) is 24.4. The lowest BCUT2D eigenvalue weighted by Crippen LogP contribution is -2.45. The molecule has 3 N–H and O–H groups in total. The number of ether oxygens (including phenoxy) is 3. The van der Waals surface area contributed by atoms with E-state index in [1.54, 1.807) is 6.92 Å². The van der Waals surface area contributed by atoms with Gasteiger partial charge in [-0.15, -0.1) is 9.23 Å². The lowest BCUT2D eigenvalue weighted by atomic mass is 10.2. The van der Waals surface area contributed by atoms with E-state index in [1.807, 2.05) is 4.83 Å². The maximum Gasteiger partial charge on any atom is 0.339 e. The summed E-state index contributed by atoms with van der Waals surface area (Å²) in [5.41, 5.74) is 1.59. The highest BCUT2D eigenvalue weighted by Crippen LogP contribution is 2.20. The second-order valence-electron chi connectivity index (χ2n) is 8.08. The van der Waals surface area contributed by atoms with Gasteiger partial charge < -0.3 is 14.2 Å². The lowest BCUT2D eigenvalue weighted by Gasteiger charge is -2.15. The van der Waals surface area contributed by atoms with E-state index < -0.39 is 47.7 Å². The van der Waals surface area contributed by atoms with Crippen molar-refractivity contribution in [3.8, 4) is 6.01 Å². The molecule has 0 saturated carbocycles. The molecule has 3 rings (SSSR count). The monoisotopic (exact) mass is 621 g/mol. The first-order valence-corrected chi connectivity index (χ1v) is 14.9. The number of benzene rings is 2. The van der Waals surface area contributed by atoms with Gasteiger partial charge in [0.25, 0.3) is 20.0 Å². The van der Waals surface area contributed by atoms with Gasteiger partial charge in [0.2, 0.25) is 11.9 Å². The molecule has 0 spiro atoms. The van der Waals surface area contributed by atoms with Crippen molar-refractivity contribution in [3.63, 3.8) is 0 Å². The van der Waals surface area contributed by atoms with Crippen molar-refractivity contribution < 1.29 is 40.6 Å². The molecule has 18 heteroatoms. The van der Waals surface area contributed by atoms with Crippen LogP contribution in [-0.2, 0) is 29.5 Å². The van der Waals surface area contributed by atoms with Crippen LogP contribution in [0.5, 0.6) is 6.01 Å². The van der Waals surface area contributed by atoms with Gasteiger partial charge >= 0.3 is 17.9 Å². The summed E-state index contributed by atoms with van der Waals surface area (Å²) in [5, 5.41) is 2.46. The Balaban J connectivity index is 2.06. The number of guanidine groups is 1. The van der Waals surface area contributed by atoms with Crippen LogP contribution >= 0.6 is 0 Å². The number of methoxy groups -OCH3 is 2. The highest BCUT2D eigenvalue weighted by atomic mass is 32.2. The molecule has 0 aliphatic rings. The fourth-order valence-corrected chi connectivity index (χ4v) is 5.39. The molecule has 0 fully saturated rings. The molecule has 42 heavy (non-hydrogen) atoms. The van der Waals surface area contributed by atoms with Crippen LogP contribution in [0.1, 0.15) is 39.9 Å². The van der Waals surface area contributed by atoms with E-state index in [2.05, 4.69) is 34.8 Å². The molecule has 3 aromatic rings. The van der Waals surface area contributed by atoms with Gasteiger partial charge in [0.15, 0.2) is 0 Å². The summed E-state index contributed by atoms with van der Waals surface area (Å²) >= 11 is 0. The Morgan fingerprint density at radius 2 is 1.50 bits per heavy atom. The molecular weight excluding hydrogens is 594 g/mol. The molecule has 0 atom stereocenters. The summed E-state index contributed by atoms with van der Waals surface area (Å²) in [6.07, 6.45) is 0.505. The Labute approximate surface area is 241 Å². The minimum absolute atomic E-state index is 0.0558. The molecular formula is C24H27N7O9S2. The van der Waals surface area contributed by atoms with Crippen molar-refractivity contribution in [2.75, 3.05) is 26.1 Å². The Kier molecular flexibility index (Phi) is 10.5. The minimum Gasteiger partial charge on any atom is -0.467 e. The first-order valence-electron chi connectivity index (χ1n) is 12.0. The summed E-state index contributed by atoms with van der Waals surface area (Å²) in [6.45, 7) is 3.33.